The van der Waals surface area contributed by atoms with Crippen LogP contribution in [0.5, 0.6) is 5.75 Å². The zero-order chi connectivity index (χ0) is 10.7. The molecule has 1 aromatic rings. The maximum atomic E-state index is 11.1. The Labute approximate surface area is 80.8 Å². The number of hydrogen-bond donors (Lipinski definition) is 2. The van der Waals surface area contributed by atoms with Crippen molar-refractivity contribution in [2.24, 2.45) is 0 Å². The molecule has 0 fully saturated rings. The van der Waals surface area contributed by atoms with E-state index in [1.54, 1.807) is 0 Å². The van der Waals surface area contributed by atoms with Crippen LogP contribution in [0.15, 0.2) is 18.2 Å². The van der Waals surface area contributed by atoms with Gasteiger partial charge in [0.15, 0.2) is 5.78 Å². The van der Waals surface area contributed by atoms with Crippen LogP contribution in [0.1, 0.15) is 28.9 Å². The average Bonchev–Trinajstić information content (AvgIpc) is 2.16. The number of rotatable bonds is 3. The Hall–Kier alpha value is -1.68. The Kier molecular flexibility index (Phi) is 2.99. The van der Waals surface area contributed by atoms with E-state index in [2.05, 4.69) is 0 Å². The first-order valence-electron chi connectivity index (χ1n) is 3.96. The van der Waals surface area contributed by atoms with Crippen molar-refractivity contribution in [1.29, 1.82) is 0 Å². The van der Waals surface area contributed by atoms with Gasteiger partial charge < -0.3 is 10.2 Å². The summed E-state index contributed by atoms with van der Waals surface area (Å²) in [4.78, 5) is 21.3. The molecule has 4 heteroatoms. The topological polar surface area (TPSA) is 74.6 Å². The van der Waals surface area contributed by atoms with E-state index in [1.165, 1.54) is 31.4 Å². The molecule has 0 saturated heterocycles. The van der Waals surface area contributed by atoms with Crippen LogP contribution in [0, 0.1) is 0 Å². The average molecular weight is 193 g/mol. The minimum absolute atomic E-state index is 0.0861. The van der Waals surface area contributed by atoms with Crippen molar-refractivity contribution in [2.45, 2.75) is 13.0 Å². The number of phenolic OH excluding ortho intramolecular Hbond substituents is 1. The molecule has 73 valence electrons. The van der Waals surface area contributed by atoms with Gasteiger partial charge in [-0.1, -0.05) is 6.07 Å². The maximum absolute atomic E-state index is 11.1. The third-order valence-corrected chi connectivity index (χ3v) is 1.82. The molecule has 0 heterocycles. The summed E-state index contributed by atoms with van der Waals surface area (Å²) in [5, 5.41) is 18.3. The fourth-order valence-electron chi connectivity index (χ4n) is 1.15. The van der Waals surface area contributed by atoms with Gasteiger partial charge in [0.1, 0.15) is 11.9 Å². The number of benzene rings is 1. The summed E-state index contributed by atoms with van der Waals surface area (Å²) in [6.45, 7) is 1.29. The van der Waals surface area contributed by atoms with E-state index in [9.17, 15) is 14.7 Å². The first-order chi connectivity index (χ1) is 6.56. The monoisotopic (exact) mass is 193 g/mol. The van der Waals surface area contributed by atoms with Gasteiger partial charge in [0.25, 0.3) is 0 Å². The Bertz CT molecular complexity index is 370. The Morgan fingerprint density at radius 1 is 1.50 bits per heavy atom. The van der Waals surface area contributed by atoms with Gasteiger partial charge in [-0.2, -0.15) is 0 Å². The highest BCUT2D eigenvalue weighted by Crippen LogP contribution is 2.21. The first-order valence-corrected chi connectivity index (χ1v) is 3.96. The number of aromatic hydroxyl groups is 1. The lowest BCUT2D eigenvalue weighted by Crippen LogP contribution is -2.06. The molecule has 1 aromatic carbocycles. The number of carbonyl (C=O) groups is 1. The molecule has 0 saturated carbocycles. The highest BCUT2D eigenvalue weighted by Gasteiger charge is 2.15. The predicted molar refractivity (Wildman–Crippen MR) is 48.8 cm³/mol. The van der Waals surface area contributed by atoms with Crippen LogP contribution in [0.4, 0.5) is 0 Å². The summed E-state index contributed by atoms with van der Waals surface area (Å²) in [5.41, 5.74) is 0.283. The third-order valence-electron chi connectivity index (χ3n) is 1.82. The molecule has 0 aliphatic heterocycles. The van der Waals surface area contributed by atoms with Crippen molar-refractivity contribution in [1.82, 2.24) is 0 Å². The maximum Gasteiger partial charge on any atom is 0.234 e. The van der Waals surface area contributed by atoms with Crippen LogP contribution in [0.25, 0.3) is 0 Å². The predicted octanol–water partition coefficient (Wildman–Crippen LogP) is 0.738. The lowest BCUT2D eigenvalue weighted by molar-refractivity contribution is 0.101. The van der Waals surface area contributed by atoms with Crippen LogP contribution >= 0.6 is 0 Å². The lowest BCUT2D eigenvalue weighted by atomic mass is 10.00. The van der Waals surface area contributed by atoms with E-state index >= 15 is 0 Å². The Morgan fingerprint density at radius 2 is 2.14 bits per heavy atom. The van der Waals surface area contributed by atoms with Crippen LogP contribution < -0.4 is 0 Å². The van der Waals surface area contributed by atoms with Gasteiger partial charge in [-0.25, -0.2) is 0 Å². The van der Waals surface area contributed by atoms with Crippen molar-refractivity contribution in [3.05, 3.63) is 29.3 Å². The summed E-state index contributed by atoms with van der Waals surface area (Å²) < 4.78 is 0. The smallest absolute Gasteiger partial charge is 0.234 e. The zero-order valence-corrected chi connectivity index (χ0v) is 7.52. The van der Waals surface area contributed by atoms with E-state index in [-0.39, 0.29) is 22.7 Å². The Morgan fingerprint density at radius 3 is 2.64 bits per heavy atom. The second-order valence-electron chi connectivity index (χ2n) is 2.85. The summed E-state index contributed by atoms with van der Waals surface area (Å²) >= 11 is 0. The van der Waals surface area contributed by atoms with Gasteiger partial charge in [0.05, 0.1) is 0 Å². The van der Waals surface area contributed by atoms with Gasteiger partial charge in [-0.3, -0.25) is 9.59 Å². The van der Waals surface area contributed by atoms with Gasteiger partial charge in [0.2, 0.25) is 6.29 Å². The number of carbonyl (C=O) groups excluding carboxylic acids is 2. The number of aliphatic hydroxyl groups is 1. The highest BCUT2D eigenvalue weighted by molar-refractivity contribution is 5.96. The molecule has 2 N–H and O–H groups in total. The molecular weight excluding hydrogens is 184 g/mol. The molecule has 0 amide bonds. The summed E-state index contributed by atoms with van der Waals surface area (Å²) in [7, 11) is 0. The van der Waals surface area contributed by atoms with E-state index in [0.29, 0.717) is 0 Å². The minimum Gasteiger partial charge on any atom is -0.508 e. The first kappa shape index (κ1) is 10.4. The standard InChI is InChI=1S/C10H9O4/c1-6(12)9-4-7(13)2-3-8(9)10(14)5-11/h2-4,10,13-14H,1H3. The van der Waals surface area contributed by atoms with Gasteiger partial charge >= 0.3 is 0 Å². The van der Waals surface area contributed by atoms with Gasteiger partial charge in [-0.15, -0.1) is 0 Å². The molecule has 0 aliphatic carbocycles. The number of aliphatic hydroxyl groups excluding tert-OH is 1. The van der Waals surface area contributed by atoms with Gasteiger partial charge in [-0.05, 0) is 24.6 Å². The van der Waals surface area contributed by atoms with Crippen LogP contribution in [-0.2, 0) is 4.79 Å². The molecule has 4 nitrogen and oxygen atoms in total. The van der Waals surface area contributed by atoms with Crippen LogP contribution in [0.3, 0.4) is 0 Å². The normalized spacial score (nSPS) is 12.1. The quantitative estimate of drug-likeness (QED) is 0.694. The Balaban J connectivity index is 3.28. The van der Waals surface area contributed by atoms with Crippen molar-refractivity contribution < 1.29 is 19.8 Å². The molecular formula is C10H9O4. The molecule has 0 aromatic heterocycles. The van der Waals surface area contributed by atoms with E-state index in [0.717, 1.165) is 0 Å². The number of Topliss-reactive ketones (excluding diaryl/α,β-unsaturated/α-hetero) is 1. The summed E-state index contributed by atoms with van der Waals surface area (Å²) in [5.74, 6) is -0.415. The van der Waals surface area contributed by atoms with Crippen molar-refractivity contribution in [3.63, 3.8) is 0 Å². The van der Waals surface area contributed by atoms with E-state index in [4.69, 9.17) is 5.11 Å². The molecule has 0 spiro atoms. The van der Waals surface area contributed by atoms with Crippen molar-refractivity contribution >= 4 is 12.1 Å². The summed E-state index contributed by atoms with van der Waals surface area (Å²) in [6, 6.07) is 3.82. The molecule has 1 atom stereocenters. The fraction of sp³-hybridized carbons (Fsp3) is 0.200. The molecule has 0 aliphatic rings. The second-order valence-corrected chi connectivity index (χ2v) is 2.85. The summed E-state index contributed by atoms with van der Waals surface area (Å²) in [6.07, 6.45) is -0.0819. The van der Waals surface area contributed by atoms with Crippen molar-refractivity contribution in [3.8, 4) is 5.75 Å². The van der Waals surface area contributed by atoms with Crippen LogP contribution in [0.2, 0.25) is 0 Å². The second kappa shape index (κ2) is 4.02. The van der Waals surface area contributed by atoms with Gasteiger partial charge in [0, 0.05) is 5.56 Å². The SMILES string of the molecule is CC(=O)c1cc(O)ccc1C(O)[C]=O. The van der Waals surface area contributed by atoms with Crippen molar-refractivity contribution in [2.75, 3.05) is 0 Å². The lowest BCUT2D eigenvalue weighted by Gasteiger charge is -2.08. The molecule has 0 bridgehead atoms. The number of phenols is 1. The number of ketones is 1. The van der Waals surface area contributed by atoms with E-state index in [1.807, 2.05) is 0 Å². The highest BCUT2D eigenvalue weighted by atomic mass is 16.3. The molecule has 14 heavy (non-hydrogen) atoms. The molecule has 1 unspecified atom stereocenters. The zero-order valence-electron chi connectivity index (χ0n) is 7.52. The molecule has 1 rings (SSSR count). The number of hydrogen-bond acceptors (Lipinski definition) is 4. The van der Waals surface area contributed by atoms with E-state index < -0.39 is 6.10 Å². The molecule has 1 radical (unpaired) electrons. The largest absolute Gasteiger partial charge is 0.508 e. The van der Waals surface area contributed by atoms with Crippen LogP contribution in [-0.4, -0.2) is 22.3 Å². The fourth-order valence-corrected chi connectivity index (χ4v) is 1.15. The third kappa shape index (κ3) is 1.97. The minimum atomic E-state index is -1.45.